The molecule has 16 heavy (non-hydrogen) atoms. The van der Waals surface area contributed by atoms with E-state index in [1.54, 1.807) is 12.3 Å². The van der Waals surface area contributed by atoms with E-state index in [0.29, 0.717) is 0 Å². The maximum Gasteiger partial charge on any atom is 0.267 e. The predicted octanol–water partition coefficient (Wildman–Crippen LogP) is -0.367. The first-order valence-electron chi connectivity index (χ1n) is 5.11. The van der Waals surface area contributed by atoms with E-state index in [1.807, 2.05) is 0 Å². The predicted molar refractivity (Wildman–Crippen MR) is 57.8 cm³/mol. The molecule has 0 aromatic carbocycles. The van der Waals surface area contributed by atoms with Gasteiger partial charge in [-0.25, -0.2) is 9.97 Å². The first kappa shape index (κ1) is 9.29. The number of fused-ring (bicyclic) bond motifs is 3. The smallest absolute Gasteiger partial charge is 0.267 e. The number of carbonyl (C=O) groups is 1. The van der Waals surface area contributed by atoms with Gasteiger partial charge in [-0.3, -0.25) is 4.79 Å². The summed E-state index contributed by atoms with van der Waals surface area (Å²) < 4.78 is 2.10. The number of hydrogen-bond donors (Lipinski definition) is 2. The molecule has 0 bridgehead atoms. The lowest BCUT2D eigenvalue weighted by Crippen LogP contribution is -2.28. The number of nitrogens with two attached hydrogens (primary N) is 1. The molecule has 3 N–H and O–H groups in total. The molecular weight excluding hydrogens is 206 g/mol. The van der Waals surface area contributed by atoms with Gasteiger partial charge < -0.3 is 15.6 Å². The lowest BCUT2D eigenvalue weighted by molar-refractivity contribution is 0.0996. The van der Waals surface area contributed by atoms with Crippen LogP contribution < -0.4 is 11.1 Å². The molecule has 6 heteroatoms. The monoisotopic (exact) mass is 217 g/mol. The van der Waals surface area contributed by atoms with Crippen LogP contribution >= 0.6 is 0 Å². The van der Waals surface area contributed by atoms with Gasteiger partial charge in [-0.1, -0.05) is 0 Å². The minimum absolute atomic E-state index is 0.286. The Balaban J connectivity index is 2.25. The highest BCUT2D eigenvalue weighted by atomic mass is 16.1. The van der Waals surface area contributed by atoms with Crippen molar-refractivity contribution in [3.8, 4) is 0 Å². The highest BCUT2D eigenvalue weighted by Gasteiger charge is 2.15. The summed E-state index contributed by atoms with van der Waals surface area (Å²) in [6, 6.07) is 1.71. The molecule has 0 aliphatic carbocycles. The molecule has 1 amide bonds. The molecule has 2 aromatic heterocycles. The van der Waals surface area contributed by atoms with E-state index in [1.165, 1.54) is 0 Å². The van der Waals surface area contributed by atoms with Gasteiger partial charge in [0.2, 0.25) is 0 Å². The Kier molecular flexibility index (Phi) is 1.90. The molecule has 1 aliphatic heterocycles. The van der Waals surface area contributed by atoms with Crippen molar-refractivity contribution in [1.29, 1.82) is 0 Å². The van der Waals surface area contributed by atoms with Crippen LogP contribution in [0.5, 0.6) is 0 Å². The van der Waals surface area contributed by atoms with Crippen molar-refractivity contribution in [2.45, 2.75) is 13.1 Å². The van der Waals surface area contributed by atoms with Crippen LogP contribution in [0, 0.1) is 0 Å². The summed E-state index contributed by atoms with van der Waals surface area (Å²) in [5, 5.41) is 3.24. The molecule has 0 unspecified atom stereocenters. The third-order valence-corrected chi connectivity index (χ3v) is 2.76. The second-order valence-electron chi connectivity index (χ2n) is 3.78. The molecule has 82 valence electrons. The summed E-state index contributed by atoms with van der Waals surface area (Å²) in [5.41, 5.74) is 7.23. The van der Waals surface area contributed by atoms with E-state index in [0.717, 1.165) is 36.5 Å². The Bertz CT molecular complexity index is 574. The maximum atomic E-state index is 11.1. The second-order valence-corrected chi connectivity index (χ2v) is 3.78. The highest BCUT2D eigenvalue weighted by Crippen LogP contribution is 2.17. The van der Waals surface area contributed by atoms with Gasteiger partial charge in [-0.15, -0.1) is 0 Å². The van der Waals surface area contributed by atoms with Crippen LogP contribution in [0.1, 0.15) is 16.3 Å². The lowest BCUT2D eigenvalue weighted by atomic mass is 10.3. The number of amides is 1. The van der Waals surface area contributed by atoms with Crippen molar-refractivity contribution in [2.75, 3.05) is 6.54 Å². The van der Waals surface area contributed by atoms with Crippen LogP contribution in [0.15, 0.2) is 12.3 Å². The van der Waals surface area contributed by atoms with Crippen LogP contribution in [0.3, 0.4) is 0 Å². The van der Waals surface area contributed by atoms with E-state index in [-0.39, 0.29) is 5.69 Å². The number of aromatic nitrogens is 3. The minimum Gasteiger partial charge on any atom is -0.364 e. The first-order valence-corrected chi connectivity index (χ1v) is 5.11. The SMILES string of the molecule is NC(=O)c1cc2c(cn1)nc1n2CCNC1. The number of pyridine rings is 1. The second kappa shape index (κ2) is 3.28. The zero-order valence-corrected chi connectivity index (χ0v) is 8.60. The quantitative estimate of drug-likeness (QED) is 0.682. The molecule has 6 nitrogen and oxygen atoms in total. The van der Waals surface area contributed by atoms with E-state index >= 15 is 0 Å². The molecule has 0 radical (unpaired) electrons. The Morgan fingerprint density at radius 1 is 1.56 bits per heavy atom. The van der Waals surface area contributed by atoms with E-state index in [4.69, 9.17) is 5.73 Å². The Hall–Kier alpha value is -1.95. The average Bonchev–Trinajstić information content (AvgIpc) is 2.66. The number of nitrogens with one attached hydrogen (secondary N) is 1. The van der Waals surface area contributed by atoms with Crippen molar-refractivity contribution in [3.05, 3.63) is 23.8 Å². The number of hydrogen-bond acceptors (Lipinski definition) is 4. The summed E-state index contributed by atoms with van der Waals surface area (Å²) in [6.07, 6.45) is 1.60. The zero-order chi connectivity index (χ0) is 11.1. The number of imidazole rings is 1. The zero-order valence-electron chi connectivity index (χ0n) is 8.60. The fourth-order valence-electron chi connectivity index (χ4n) is 1.99. The normalized spacial score (nSPS) is 15.0. The number of rotatable bonds is 1. The topological polar surface area (TPSA) is 85.8 Å². The largest absolute Gasteiger partial charge is 0.364 e. The molecule has 0 spiro atoms. The van der Waals surface area contributed by atoms with Crippen LogP contribution in [0.25, 0.3) is 11.0 Å². The third kappa shape index (κ3) is 1.27. The molecule has 3 heterocycles. The molecule has 1 aliphatic rings. The van der Waals surface area contributed by atoms with E-state index < -0.39 is 5.91 Å². The maximum absolute atomic E-state index is 11.1. The van der Waals surface area contributed by atoms with E-state index in [2.05, 4.69) is 19.9 Å². The molecule has 2 aromatic rings. The van der Waals surface area contributed by atoms with Gasteiger partial charge in [0, 0.05) is 13.1 Å². The number of carbonyl (C=O) groups excluding carboxylic acids is 1. The minimum atomic E-state index is -0.508. The molecule has 0 atom stereocenters. The average molecular weight is 217 g/mol. The molecule has 0 saturated carbocycles. The van der Waals surface area contributed by atoms with Gasteiger partial charge in [0.15, 0.2) is 0 Å². The number of nitrogens with zero attached hydrogens (tertiary/aromatic N) is 3. The first-order chi connectivity index (χ1) is 7.75. The van der Waals surface area contributed by atoms with Gasteiger partial charge >= 0.3 is 0 Å². The van der Waals surface area contributed by atoms with Crippen molar-refractivity contribution >= 4 is 16.9 Å². The van der Waals surface area contributed by atoms with Gasteiger partial charge in [0.25, 0.3) is 5.91 Å². The van der Waals surface area contributed by atoms with Crippen molar-refractivity contribution in [3.63, 3.8) is 0 Å². The Morgan fingerprint density at radius 3 is 3.25 bits per heavy atom. The lowest BCUT2D eigenvalue weighted by Gasteiger charge is -2.15. The summed E-state index contributed by atoms with van der Waals surface area (Å²) in [6.45, 7) is 2.52. The van der Waals surface area contributed by atoms with Crippen molar-refractivity contribution in [1.82, 2.24) is 19.9 Å². The van der Waals surface area contributed by atoms with Gasteiger partial charge in [-0.05, 0) is 6.07 Å². The van der Waals surface area contributed by atoms with E-state index in [9.17, 15) is 4.79 Å². The fourth-order valence-corrected chi connectivity index (χ4v) is 1.99. The summed E-state index contributed by atoms with van der Waals surface area (Å²) in [4.78, 5) is 19.5. The van der Waals surface area contributed by atoms with Crippen LogP contribution in [0.4, 0.5) is 0 Å². The molecule has 3 rings (SSSR count). The van der Waals surface area contributed by atoms with Crippen LogP contribution in [-0.2, 0) is 13.1 Å². The molecule has 0 fully saturated rings. The third-order valence-electron chi connectivity index (χ3n) is 2.76. The van der Waals surface area contributed by atoms with Gasteiger partial charge in [-0.2, -0.15) is 0 Å². The standard InChI is InChI=1S/C10H11N5O/c11-10(16)6-3-8-7(4-13-6)14-9-5-12-1-2-15(8)9/h3-4,12H,1-2,5H2,(H2,11,16). The van der Waals surface area contributed by atoms with Crippen molar-refractivity contribution < 1.29 is 4.79 Å². The summed E-state index contributed by atoms with van der Waals surface area (Å²) in [5.74, 6) is 0.469. The van der Waals surface area contributed by atoms with Crippen LogP contribution in [-0.4, -0.2) is 27.0 Å². The number of primary amides is 1. The Labute approximate surface area is 91.5 Å². The fraction of sp³-hybridized carbons (Fsp3) is 0.300. The molecular formula is C10H11N5O. The van der Waals surface area contributed by atoms with Crippen LogP contribution in [0.2, 0.25) is 0 Å². The Morgan fingerprint density at radius 2 is 2.44 bits per heavy atom. The summed E-state index contributed by atoms with van der Waals surface area (Å²) >= 11 is 0. The van der Waals surface area contributed by atoms with Gasteiger partial charge in [0.05, 0.1) is 18.3 Å². The highest BCUT2D eigenvalue weighted by molar-refractivity contribution is 5.94. The van der Waals surface area contributed by atoms with Crippen molar-refractivity contribution in [2.24, 2.45) is 5.73 Å². The summed E-state index contributed by atoms with van der Waals surface area (Å²) in [7, 11) is 0. The van der Waals surface area contributed by atoms with Gasteiger partial charge in [0.1, 0.15) is 17.0 Å². The molecule has 0 saturated heterocycles.